The summed E-state index contributed by atoms with van der Waals surface area (Å²) in [7, 11) is 1.56. The maximum atomic E-state index is 12.8. The van der Waals surface area contributed by atoms with Gasteiger partial charge < -0.3 is 19.8 Å². The van der Waals surface area contributed by atoms with E-state index in [-0.39, 0.29) is 25.5 Å². The fourth-order valence-corrected chi connectivity index (χ4v) is 5.79. The Morgan fingerprint density at radius 2 is 1.21 bits per heavy atom. The highest BCUT2D eigenvalue weighted by atomic mass is 31.2. The average molecular weight is 698 g/mol. The molecule has 0 aliphatic rings. The zero-order chi connectivity index (χ0) is 35.8. The van der Waals surface area contributed by atoms with Gasteiger partial charge in [0.2, 0.25) is 5.91 Å². The standard InChI is InChI=1S/C39H73N2O6P/c1-6-8-10-12-14-16-18-20-22-24-26-28-30-32-38(42)37(36-47-48(44,45)46-35-34-41(3,4)5)40-39(43)33-31-29-27-25-23-21-19-17-15-13-11-9-7-2/h9,11,15,17,21,23,27,29,37-38,42H,6-8,10,12-14,16,18-20,22,24-26,28,30-36H2,1-5H3,(H-,40,43,44,45)/p+1/b11-9-,17-15-,23-21-,29-27-. The molecule has 0 saturated heterocycles. The summed E-state index contributed by atoms with van der Waals surface area (Å²) in [5, 5.41) is 13.8. The van der Waals surface area contributed by atoms with Crippen molar-refractivity contribution < 1.29 is 32.9 Å². The number of phosphoric ester groups is 1. The predicted molar refractivity (Wildman–Crippen MR) is 203 cm³/mol. The van der Waals surface area contributed by atoms with Crippen molar-refractivity contribution in [1.82, 2.24) is 5.32 Å². The maximum Gasteiger partial charge on any atom is 0.472 e. The van der Waals surface area contributed by atoms with Crippen molar-refractivity contribution in [2.24, 2.45) is 0 Å². The summed E-state index contributed by atoms with van der Waals surface area (Å²) in [6.45, 7) is 4.68. The fraction of sp³-hybridized carbons (Fsp3) is 0.769. The molecule has 3 N–H and O–H groups in total. The lowest BCUT2D eigenvalue weighted by atomic mass is 10.0. The molecule has 280 valence electrons. The van der Waals surface area contributed by atoms with E-state index in [1.54, 1.807) is 0 Å². The number of phosphoric acid groups is 1. The number of carbonyl (C=O) groups is 1. The van der Waals surface area contributed by atoms with Crippen LogP contribution in [0.5, 0.6) is 0 Å². The van der Waals surface area contributed by atoms with Crippen LogP contribution in [0.1, 0.15) is 142 Å². The molecule has 8 nitrogen and oxygen atoms in total. The Morgan fingerprint density at radius 1 is 0.729 bits per heavy atom. The van der Waals surface area contributed by atoms with Crippen LogP contribution in [-0.2, 0) is 18.4 Å². The predicted octanol–water partition coefficient (Wildman–Crippen LogP) is 9.74. The van der Waals surface area contributed by atoms with E-state index in [1.807, 2.05) is 33.3 Å². The number of amides is 1. The van der Waals surface area contributed by atoms with E-state index in [4.69, 9.17) is 9.05 Å². The van der Waals surface area contributed by atoms with Gasteiger partial charge in [-0.15, -0.1) is 0 Å². The summed E-state index contributed by atoms with van der Waals surface area (Å²) in [4.78, 5) is 23.0. The number of aliphatic hydroxyl groups is 1. The van der Waals surface area contributed by atoms with E-state index in [0.717, 1.165) is 44.9 Å². The van der Waals surface area contributed by atoms with Crippen molar-refractivity contribution in [3.05, 3.63) is 48.6 Å². The van der Waals surface area contributed by atoms with Crippen LogP contribution in [0.3, 0.4) is 0 Å². The minimum atomic E-state index is -4.32. The van der Waals surface area contributed by atoms with Crippen LogP contribution in [0.15, 0.2) is 48.6 Å². The van der Waals surface area contributed by atoms with Crippen LogP contribution in [0.25, 0.3) is 0 Å². The normalized spacial score (nSPS) is 15.2. The molecule has 0 heterocycles. The molecule has 48 heavy (non-hydrogen) atoms. The second-order valence-electron chi connectivity index (χ2n) is 13.9. The number of unbranched alkanes of at least 4 members (excludes halogenated alkanes) is 12. The van der Waals surface area contributed by atoms with E-state index in [9.17, 15) is 19.4 Å². The molecule has 0 aromatic carbocycles. The first-order valence-corrected chi connectivity index (χ1v) is 20.5. The minimum absolute atomic E-state index is 0.0602. The summed E-state index contributed by atoms with van der Waals surface area (Å²) >= 11 is 0. The highest BCUT2D eigenvalue weighted by Crippen LogP contribution is 2.43. The first kappa shape index (κ1) is 46.5. The minimum Gasteiger partial charge on any atom is -0.391 e. The third-order valence-corrected chi connectivity index (χ3v) is 9.09. The number of quaternary nitrogens is 1. The Balaban J connectivity index is 4.60. The van der Waals surface area contributed by atoms with E-state index < -0.39 is 20.0 Å². The van der Waals surface area contributed by atoms with Gasteiger partial charge in [0.15, 0.2) is 0 Å². The van der Waals surface area contributed by atoms with E-state index >= 15 is 0 Å². The van der Waals surface area contributed by atoms with Gasteiger partial charge in [-0.2, -0.15) is 0 Å². The quantitative estimate of drug-likeness (QED) is 0.0273. The van der Waals surface area contributed by atoms with E-state index in [2.05, 4.69) is 55.6 Å². The Morgan fingerprint density at radius 3 is 1.71 bits per heavy atom. The number of hydrogen-bond donors (Lipinski definition) is 3. The molecule has 0 saturated carbocycles. The second kappa shape index (κ2) is 31.4. The second-order valence-corrected chi connectivity index (χ2v) is 15.4. The van der Waals surface area contributed by atoms with Crippen molar-refractivity contribution in [3.63, 3.8) is 0 Å². The smallest absolute Gasteiger partial charge is 0.391 e. The largest absolute Gasteiger partial charge is 0.472 e. The van der Waals surface area contributed by atoms with Gasteiger partial charge in [0.25, 0.3) is 0 Å². The highest BCUT2D eigenvalue weighted by molar-refractivity contribution is 7.47. The number of carbonyl (C=O) groups excluding carboxylic acids is 1. The monoisotopic (exact) mass is 698 g/mol. The topological polar surface area (TPSA) is 105 Å². The van der Waals surface area contributed by atoms with E-state index in [0.29, 0.717) is 23.9 Å². The van der Waals surface area contributed by atoms with Gasteiger partial charge >= 0.3 is 7.82 Å². The number of allylic oxidation sites excluding steroid dienone is 8. The van der Waals surface area contributed by atoms with Crippen molar-refractivity contribution in [2.75, 3.05) is 40.9 Å². The highest BCUT2D eigenvalue weighted by Gasteiger charge is 2.28. The van der Waals surface area contributed by atoms with Crippen LogP contribution < -0.4 is 5.32 Å². The third kappa shape index (κ3) is 33.0. The molecule has 0 fully saturated rings. The van der Waals surface area contributed by atoms with Gasteiger partial charge in [-0.25, -0.2) is 4.57 Å². The van der Waals surface area contributed by atoms with Gasteiger partial charge in [0, 0.05) is 6.42 Å². The summed E-state index contributed by atoms with van der Waals surface area (Å²) in [6.07, 6.45) is 37.2. The zero-order valence-corrected chi connectivity index (χ0v) is 32.4. The number of likely N-dealkylation sites (N-methyl/N-ethyl adjacent to an activating group) is 1. The Hall–Kier alpha value is -1.54. The van der Waals surface area contributed by atoms with Crippen LogP contribution in [0.4, 0.5) is 0 Å². The summed E-state index contributed by atoms with van der Waals surface area (Å²) in [6, 6.07) is -0.797. The van der Waals surface area contributed by atoms with Crippen molar-refractivity contribution in [2.45, 2.75) is 154 Å². The van der Waals surface area contributed by atoms with Gasteiger partial charge in [-0.1, -0.05) is 146 Å². The number of hydrogen-bond acceptors (Lipinski definition) is 5. The number of rotatable bonds is 33. The molecule has 0 aliphatic carbocycles. The van der Waals surface area contributed by atoms with Gasteiger partial charge in [-0.3, -0.25) is 13.8 Å². The number of aliphatic hydroxyl groups excluding tert-OH is 1. The molecule has 0 rings (SSSR count). The van der Waals surface area contributed by atoms with Gasteiger partial charge in [0.1, 0.15) is 13.2 Å². The molecular weight excluding hydrogens is 623 g/mol. The van der Waals surface area contributed by atoms with Crippen molar-refractivity contribution in [1.29, 1.82) is 0 Å². The molecule has 0 aromatic rings. The molecule has 0 radical (unpaired) electrons. The molecule has 1 amide bonds. The zero-order valence-electron chi connectivity index (χ0n) is 31.5. The third-order valence-electron chi connectivity index (χ3n) is 8.10. The van der Waals surface area contributed by atoms with Crippen LogP contribution in [0.2, 0.25) is 0 Å². The molecule has 0 aromatic heterocycles. The number of nitrogens with one attached hydrogen (secondary N) is 1. The van der Waals surface area contributed by atoms with Crippen LogP contribution in [0, 0.1) is 0 Å². The van der Waals surface area contributed by atoms with E-state index in [1.165, 1.54) is 64.2 Å². The molecule has 3 atom stereocenters. The molecule has 3 unspecified atom stereocenters. The Labute approximate surface area is 295 Å². The van der Waals surface area contributed by atoms with Crippen molar-refractivity contribution >= 4 is 13.7 Å². The Kier molecular flexibility index (Phi) is 30.4. The molecule has 0 bridgehead atoms. The lowest BCUT2D eigenvalue weighted by Crippen LogP contribution is -2.46. The fourth-order valence-electron chi connectivity index (χ4n) is 5.05. The number of nitrogens with zero attached hydrogens (tertiary/aromatic N) is 1. The van der Waals surface area contributed by atoms with Gasteiger partial charge in [-0.05, 0) is 38.5 Å². The Bertz CT molecular complexity index is 928. The van der Waals surface area contributed by atoms with Crippen molar-refractivity contribution in [3.8, 4) is 0 Å². The summed E-state index contributed by atoms with van der Waals surface area (Å²) < 4.78 is 23.5. The summed E-state index contributed by atoms with van der Waals surface area (Å²) in [5.74, 6) is -0.228. The van der Waals surface area contributed by atoms with Crippen LogP contribution >= 0.6 is 7.82 Å². The molecule has 0 spiro atoms. The first-order chi connectivity index (χ1) is 23.0. The lowest BCUT2D eigenvalue weighted by Gasteiger charge is -2.26. The molecule has 0 aliphatic heterocycles. The SMILES string of the molecule is CC/C=C\C/C=C\C/C=C\C/C=C\CCC(=O)NC(COP(=O)(O)OCC[N+](C)(C)C)C(O)CCCCCCCCCCCCCCC. The lowest BCUT2D eigenvalue weighted by molar-refractivity contribution is -0.870. The van der Waals surface area contributed by atoms with Gasteiger partial charge in [0.05, 0.1) is 39.9 Å². The average Bonchev–Trinajstić information content (AvgIpc) is 3.02. The molecule has 9 heteroatoms. The molecular formula is C39H74N2O6P+. The van der Waals surface area contributed by atoms with Crippen LogP contribution in [-0.4, -0.2) is 73.4 Å². The first-order valence-electron chi connectivity index (χ1n) is 19.0. The summed E-state index contributed by atoms with van der Waals surface area (Å²) in [5.41, 5.74) is 0. The maximum absolute atomic E-state index is 12.8.